The lowest BCUT2D eigenvalue weighted by Gasteiger charge is -2.11. The minimum Gasteiger partial charge on any atom is -0.486 e. The Bertz CT molecular complexity index is 961. The predicted molar refractivity (Wildman–Crippen MR) is 100 cm³/mol. The van der Waals surface area contributed by atoms with Gasteiger partial charge in [0.05, 0.1) is 11.1 Å². The van der Waals surface area contributed by atoms with Gasteiger partial charge in [0, 0.05) is 18.1 Å². The number of para-hydroxylation sites is 1. The van der Waals surface area contributed by atoms with E-state index in [1.807, 2.05) is 49.4 Å². The number of aromatic nitrogens is 1. The lowest BCUT2D eigenvalue weighted by atomic mass is 10.1. The molecule has 0 atom stereocenters. The number of nitrogens with zero attached hydrogens (tertiary/aromatic N) is 1. The summed E-state index contributed by atoms with van der Waals surface area (Å²) in [6, 6.07) is 14.9. The van der Waals surface area contributed by atoms with Crippen LogP contribution in [0.3, 0.4) is 0 Å². The number of Topliss-reactive ketones (excluding diaryl/α,β-unsaturated/α-hetero) is 1. The number of ether oxygens (including phenoxy) is 1. The number of ketones is 1. The molecule has 0 bridgehead atoms. The van der Waals surface area contributed by atoms with Crippen LogP contribution in [0.25, 0.3) is 10.9 Å². The van der Waals surface area contributed by atoms with Crippen molar-refractivity contribution in [2.24, 2.45) is 0 Å². The molecule has 1 amide bonds. The molecule has 0 saturated heterocycles. The summed E-state index contributed by atoms with van der Waals surface area (Å²) in [6.07, 6.45) is 1.64. The summed E-state index contributed by atoms with van der Waals surface area (Å²) in [5.41, 5.74) is 3.29. The van der Waals surface area contributed by atoms with Crippen molar-refractivity contribution in [3.05, 3.63) is 71.4 Å². The number of aryl methyl sites for hydroxylation is 1. The predicted octanol–water partition coefficient (Wildman–Crippen LogP) is 3.44. The molecular weight excluding hydrogens is 328 g/mol. The molecular formula is C21H20N2O3. The smallest absolute Gasteiger partial charge is 0.252 e. The van der Waals surface area contributed by atoms with E-state index < -0.39 is 0 Å². The van der Waals surface area contributed by atoms with Gasteiger partial charge in [-0.25, -0.2) is 0 Å². The molecule has 0 saturated carbocycles. The first kappa shape index (κ1) is 17.6. The van der Waals surface area contributed by atoms with Crippen LogP contribution in [0.15, 0.2) is 54.7 Å². The number of fused-ring (bicyclic) bond motifs is 1. The Kier molecular flexibility index (Phi) is 5.27. The van der Waals surface area contributed by atoms with Gasteiger partial charge in [-0.1, -0.05) is 30.3 Å². The van der Waals surface area contributed by atoms with E-state index in [9.17, 15) is 9.59 Å². The fourth-order valence-corrected chi connectivity index (χ4v) is 2.73. The van der Waals surface area contributed by atoms with Crippen LogP contribution < -0.4 is 10.1 Å². The van der Waals surface area contributed by atoms with Gasteiger partial charge in [-0.2, -0.15) is 0 Å². The number of nitrogens with one attached hydrogen (secondary N) is 1. The third-order valence-corrected chi connectivity index (χ3v) is 4.02. The van der Waals surface area contributed by atoms with Gasteiger partial charge in [-0.05, 0) is 43.2 Å². The molecule has 0 aliphatic carbocycles. The van der Waals surface area contributed by atoms with Gasteiger partial charge in [0.25, 0.3) is 5.91 Å². The third-order valence-electron chi connectivity index (χ3n) is 4.02. The minimum absolute atomic E-state index is 0.0229. The second-order valence-corrected chi connectivity index (χ2v) is 6.15. The molecule has 0 aliphatic heterocycles. The highest BCUT2D eigenvalue weighted by atomic mass is 16.5. The van der Waals surface area contributed by atoms with Crippen molar-refractivity contribution in [3.8, 4) is 5.75 Å². The molecule has 0 fully saturated rings. The SMILES string of the molecule is CC(=O)COc1ccc(CNC(=O)c2ccnc3ccccc23)cc1C. The first-order valence-corrected chi connectivity index (χ1v) is 8.38. The highest BCUT2D eigenvalue weighted by Gasteiger charge is 2.10. The topological polar surface area (TPSA) is 68.3 Å². The summed E-state index contributed by atoms with van der Waals surface area (Å²) < 4.78 is 5.45. The number of rotatable bonds is 6. The van der Waals surface area contributed by atoms with Crippen molar-refractivity contribution >= 4 is 22.6 Å². The third kappa shape index (κ3) is 4.06. The zero-order chi connectivity index (χ0) is 18.5. The number of carbonyl (C=O) groups is 2. The van der Waals surface area contributed by atoms with Crippen molar-refractivity contribution in [1.82, 2.24) is 10.3 Å². The van der Waals surface area contributed by atoms with Gasteiger partial charge >= 0.3 is 0 Å². The average molecular weight is 348 g/mol. The quantitative estimate of drug-likeness (QED) is 0.741. The Morgan fingerprint density at radius 2 is 1.92 bits per heavy atom. The normalized spacial score (nSPS) is 10.5. The van der Waals surface area contributed by atoms with Crippen LogP contribution in [0.4, 0.5) is 0 Å². The number of pyridine rings is 1. The number of benzene rings is 2. The Labute approximate surface area is 152 Å². The van der Waals surface area contributed by atoms with Crippen molar-refractivity contribution in [2.75, 3.05) is 6.61 Å². The summed E-state index contributed by atoms with van der Waals surface area (Å²) in [6.45, 7) is 3.87. The second kappa shape index (κ2) is 7.78. The van der Waals surface area contributed by atoms with Crippen LogP contribution in [-0.4, -0.2) is 23.3 Å². The van der Waals surface area contributed by atoms with Crippen LogP contribution in [0.1, 0.15) is 28.4 Å². The summed E-state index contributed by atoms with van der Waals surface area (Å²) >= 11 is 0. The number of carbonyl (C=O) groups excluding carboxylic acids is 2. The van der Waals surface area contributed by atoms with Crippen molar-refractivity contribution in [3.63, 3.8) is 0 Å². The first-order chi connectivity index (χ1) is 12.5. The Morgan fingerprint density at radius 3 is 2.69 bits per heavy atom. The van der Waals surface area contributed by atoms with Crippen LogP contribution in [0.2, 0.25) is 0 Å². The van der Waals surface area contributed by atoms with Gasteiger partial charge in [0.1, 0.15) is 12.4 Å². The van der Waals surface area contributed by atoms with Crippen LogP contribution >= 0.6 is 0 Å². The van der Waals surface area contributed by atoms with E-state index >= 15 is 0 Å². The number of amides is 1. The van der Waals surface area contributed by atoms with E-state index in [1.165, 1.54) is 6.92 Å². The average Bonchev–Trinajstić information content (AvgIpc) is 2.64. The molecule has 2 aromatic carbocycles. The number of hydrogen-bond acceptors (Lipinski definition) is 4. The van der Waals surface area contributed by atoms with Crippen molar-refractivity contribution in [1.29, 1.82) is 0 Å². The van der Waals surface area contributed by atoms with Gasteiger partial charge < -0.3 is 10.1 Å². The Hall–Kier alpha value is -3.21. The minimum atomic E-state index is -0.141. The molecule has 0 spiro atoms. The lowest BCUT2D eigenvalue weighted by Crippen LogP contribution is -2.23. The monoisotopic (exact) mass is 348 g/mol. The molecule has 132 valence electrons. The van der Waals surface area contributed by atoms with Gasteiger partial charge in [0.2, 0.25) is 0 Å². The molecule has 0 aliphatic rings. The van der Waals surface area contributed by atoms with E-state index in [4.69, 9.17) is 4.74 Å². The molecule has 0 radical (unpaired) electrons. The molecule has 5 heteroatoms. The molecule has 1 heterocycles. The summed E-state index contributed by atoms with van der Waals surface area (Å²) in [5, 5.41) is 3.77. The molecule has 1 aromatic heterocycles. The van der Waals surface area contributed by atoms with Crippen molar-refractivity contribution in [2.45, 2.75) is 20.4 Å². The van der Waals surface area contributed by atoms with E-state index in [1.54, 1.807) is 12.3 Å². The maximum Gasteiger partial charge on any atom is 0.252 e. The van der Waals surface area contributed by atoms with Gasteiger partial charge in [-0.15, -0.1) is 0 Å². The fraction of sp³-hybridized carbons (Fsp3) is 0.190. The number of hydrogen-bond donors (Lipinski definition) is 1. The van der Waals surface area contributed by atoms with Crippen LogP contribution in [-0.2, 0) is 11.3 Å². The molecule has 3 aromatic rings. The highest BCUT2D eigenvalue weighted by Crippen LogP contribution is 2.20. The zero-order valence-electron chi connectivity index (χ0n) is 14.8. The molecule has 0 unspecified atom stereocenters. The van der Waals surface area contributed by atoms with E-state index in [-0.39, 0.29) is 18.3 Å². The summed E-state index contributed by atoms with van der Waals surface area (Å²) in [7, 11) is 0. The standard InChI is InChI=1S/C21H20N2O3/c1-14-11-16(7-8-20(14)26-13-15(2)24)12-23-21(25)18-9-10-22-19-6-4-3-5-17(18)19/h3-11H,12-13H2,1-2H3,(H,23,25). The van der Waals surface area contributed by atoms with Crippen LogP contribution in [0.5, 0.6) is 5.75 Å². The Morgan fingerprint density at radius 1 is 1.12 bits per heavy atom. The molecule has 5 nitrogen and oxygen atoms in total. The van der Waals surface area contributed by atoms with E-state index in [2.05, 4.69) is 10.3 Å². The van der Waals surface area contributed by atoms with E-state index in [0.29, 0.717) is 17.9 Å². The summed E-state index contributed by atoms with van der Waals surface area (Å²) in [5.74, 6) is 0.513. The molecule has 26 heavy (non-hydrogen) atoms. The van der Waals surface area contributed by atoms with Gasteiger partial charge in [0.15, 0.2) is 5.78 Å². The van der Waals surface area contributed by atoms with Crippen molar-refractivity contribution < 1.29 is 14.3 Å². The lowest BCUT2D eigenvalue weighted by molar-refractivity contribution is -0.118. The highest BCUT2D eigenvalue weighted by molar-refractivity contribution is 6.05. The second-order valence-electron chi connectivity index (χ2n) is 6.15. The zero-order valence-corrected chi connectivity index (χ0v) is 14.8. The molecule has 3 rings (SSSR count). The van der Waals surface area contributed by atoms with E-state index in [0.717, 1.165) is 22.0 Å². The maximum absolute atomic E-state index is 12.6. The first-order valence-electron chi connectivity index (χ1n) is 8.38. The Balaban J connectivity index is 1.69. The maximum atomic E-state index is 12.6. The van der Waals surface area contributed by atoms with Crippen LogP contribution in [0, 0.1) is 6.92 Å². The fourth-order valence-electron chi connectivity index (χ4n) is 2.73. The summed E-state index contributed by atoms with van der Waals surface area (Å²) in [4.78, 5) is 27.9. The largest absolute Gasteiger partial charge is 0.486 e. The molecule has 1 N–H and O–H groups in total. The van der Waals surface area contributed by atoms with Gasteiger partial charge in [-0.3, -0.25) is 14.6 Å².